The number of alkyl halides is 1. The van der Waals surface area contributed by atoms with Gasteiger partial charge in [-0.05, 0) is 25.3 Å². The van der Waals surface area contributed by atoms with Crippen molar-refractivity contribution < 1.29 is 9.26 Å². The van der Waals surface area contributed by atoms with Crippen LogP contribution in [0, 0.1) is 0 Å². The Hall–Kier alpha value is -1.39. The lowest BCUT2D eigenvalue weighted by Gasteiger charge is -2.17. The van der Waals surface area contributed by atoms with Crippen LogP contribution in [0.15, 0.2) is 34.9 Å². The van der Waals surface area contributed by atoms with Crippen LogP contribution in [0.25, 0.3) is 0 Å². The second-order valence-corrected chi connectivity index (χ2v) is 5.35. The molecule has 1 aliphatic rings. The average molecular weight is 279 g/mol. The van der Waals surface area contributed by atoms with Crippen LogP contribution in [0.1, 0.15) is 42.4 Å². The smallest absolute Gasteiger partial charge is 0.249 e. The lowest BCUT2D eigenvalue weighted by molar-refractivity contribution is 0.00768. The summed E-state index contributed by atoms with van der Waals surface area (Å²) >= 11 is 6.36. The Morgan fingerprint density at radius 2 is 2.11 bits per heavy atom. The van der Waals surface area contributed by atoms with Crippen molar-refractivity contribution >= 4 is 11.6 Å². The van der Waals surface area contributed by atoms with Crippen molar-refractivity contribution in [2.24, 2.45) is 0 Å². The van der Waals surface area contributed by atoms with Crippen molar-refractivity contribution in [3.63, 3.8) is 0 Å². The van der Waals surface area contributed by atoms with Crippen molar-refractivity contribution in [3.8, 4) is 0 Å². The van der Waals surface area contributed by atoms with Crippen molar-refractivity contribution in [1.29, 1.82) is 0 Å². The fourth-order valence-electron chi connectivity index (χ4n) is 2.27. The first kappa shape index (κ1) is 12.6. The molecule has 1 aromatic carbocycles. The minimum absolute atomic E-state index is 0.416. The number of halogens is 1. The number of rotatable bonds is 3. The van der Waals surface area contributed by atoms with Gasteiger partial charge in [0.2, 0.25) is 11.7 Å². The standard InChI is InChI=1S/C14H15ClN2O2/c1-14(8-5-9-18-14)13-16-12(19-17-13)11(15)10-6-3-2-4-7-10/h2-4,6-7,11H,5,8-9H2,1H3. The first-order chi connectivity index (χ1) is 9.19. The summed E-state index contributed by atoms with van der Waals surface area (Å²) < 4.78 is 11.0. The molecule has 1 saturated heterocycles. The highest BCUT2D eigenvalue weighted by atomic mass is 35.5. The van der Waals surface area contributed by atoms with E-state index < -0.39 is 11.0 Å². The second kappa shape index (κ2) is 4.94. The Labute approximate surface area is 116 Å². The van der Waals surface area contributed by atoms with Crippen LogP contribution in [0.2, 0.25) is 0 Å². The van der Waals surface area contributed by atoms with E-state index in [-0.39, 0.29) is 0 Å². The van der Waals surface area contributed by atoms with E-state index in [4.69, 9.17) is 20.9 Å². The normalized spacial score (nSPS) is 24.5. The number of ether oxygens (including phenoxy) is 1. The van der Waals surface area contributed by atoms with Crippen LogP contribution in [0.5, 0.6) is 0 Å². The molecular weight excluding hydrogens is 264 g/mol. The monoisotopic (exact) mass is 278 g/mol. The van der Waals surface area contributed by atoms with E-state index in [1.165, 1.54) is 0 Å². The van der Waals surface area contributed by atoms with Crippen LogP contribution in [0.3, 0.4) is 0 Å². The molecule has 2 aromatic rings. The number of hydrogen-bond donors (Lipinski definition) is 0. The van der Waals surface area contributed by atoms with Crippen molar-refractivity contribution in [1.82, 2.24) is 10.1 Å². The van der Waals surface area contributed by atoms with Gasteiger partial charge in [-0.3, -0.25) is 0 Å². The highest BCUT2D eigenvalue weighted by molar-refractivity contribution is 6.22. The SMILES string of the molecule is CC1(c2noc(C(Cl)c3ccccc3)n2)CCCO1. The van der Waals surface area contributed by atoms with Crippen molar-refractivity contribution in [2.75, 3.05) is 6.61 Å². The summed E-state index contributed by atoms with van der Waals surface area (Å²) in [5, 5.41) is 3.60. The Kier molecular flexibility index (Phi) is 3.29. The molecule has 0 saturated carbocycles. The molecule has 0 spiro atoms. The summed E-state index contributed by atoms with van der Waals surface area (Å²) in [6.45, 7) is 2.73. The molecule has 2 atom stereocenters. The van der Waals surface area contributed by atoms with E-state index in [2.05, 4.69) is 10.1 Å². The maximum atomic E-state index is 6.36. The van der Waals surface area contributed by atoms with Gasteiger partial charge in [0.15, 0.2) is 0 Å². The van der Waals surface area contributed by atoms with Crippen LogP contribution in [-0.4, -0.2) is 16.7 Å². The van der Waals surface area contributed by atoms with Gasteiger partial charge >= 0.3 is 0 Å². The van der Waals surface area contributed by atoms with Gasteiger partial charge in [-0.25, -0.2) is 0 Å². The zero-order chi connectivity index (χ0) is 13.3. The van der Waals surface area contributed by atoms with E-state index in [1.54, 1.807) is 0 Å². The average Bonchev–Trinajstić information content (AvgIpc) is 3.08. The maximum absolute atomic E-state index is 6.36. The quantitative estimate of drug-likeness (QED) is 0.807. The first-order valence-electron chi connectivity index (χ1n) is 6.36. The number of aromatic nitrogens is 2. The zero-order valence-electron chi connectivity index (χ0n) is 10.7. The molecule has 0 aliphatic carbocycles. The Morgan fingerprint density at radius 1 is 1.32 bits per heavy atom. The molecule has 0 bridgehead atoms. The second-order valence-electron chi connectivity index (χ2n) is 4.91. The highest BCUT2D eigenvalue weighted by Crippen LogP contribution is 2.35. The topological polar surface area (TPSA) is 48.2 Å². The van der Waals surface area contributed by atoms with Crippen molar-refractivity contribution in [2.45, 2.75) is 30.7 Å². The summed E-state index contributed by atoms with van der Waals surface area (Å²) in [7, 11) is 0. The third-order valence-electron chi connectivity index (χ3n) is 3.44. The molecule has 100 valence electrons. The molecule has 5 heteroatoms. The number of nitrogens with zero attached hydrogens (tertiary/aromatic N) is 2. The van der Waals surface area contributed by atoms with Crippen LogP contribution < -0.4 is 0 Å². The molecule has 1 aromatic heterocycles. The zero-order valence-corrected chi connectivity index (χ0v) is 11.4. The largest absolute Gasteiger partial charge is 0.367 e. The minimum Gasteiger partial charge on any atom is -0.367 e. The molecule has 0 amide bonds. The lowest BCUT2D eigenvalue weighted by Crippen LogP contribution is -2.21. The third kappa shape index (κ3) is 2.38. The molecule has 2 heterocycles. The molecule has 0 radical (unpaired) electrons. The molecule has 3 rings (SSSR count). The van der Waals surface area contributed by atoms with Gasteiger partial charge < -0.3 is 9.26 Å². The van der Waals surface area contributed by atoms with E-state index in [1.807, 2.05) is 37.3 Å². The molecule has 19 heavy (non-hydrogen) atoms. The van der Waals surface area contributed by atoms with Gasteiger partial charge in [-0.1, -0.05) is 35.5 Å². The van der Waals surface area contributed by atoms with Gasteiger partial charge in [-0.2, -0.15) is 4.98 Å². The van der Waals surface area contributed by atoms with E-state index >= 15 is 0 Å². The van der Waals surface area contributed by atoms with Gasteiger partial charge in [0, 0.05) is 6.61 Å². The number of benzene rings is 1. The predicted molar refractivity (Wildman–Crippen MR) is 71.0 cm³/mol. The van der Waals surface area contributed by atoms with Gasteiger partial charge in [0.1, 0.15) is 11.0 Å². The first-order valence-corrected chi connectivity index (χ1v) is 6.80. The van der Waals surface area contributed by atoms with Crippen LogP contribution in [-0.2, 0) is 10.3 Å². The van der Waals surface area contributed by atoms with Crippen LogP contribution >= 0.6 is 11.6 Å². The molecule has 2 unspecified atom stereocenters. The third-order valence-corrected chi connectivity index (χ3v) is 3.88. The van der Waals surface area contributed by atoms with Crippen LogP contribution in [0.4, 0.5) is 0 Å². The van der Waals surface area contributed by atoms with E-state index in [0.717, 1.165) is 25.0 Å². The Balaban J connectivity index is 1.85. The Morgan fingerprint density at radius 3 is 2.79 bits per heavy atom. The number of hydrogen-bond acceptors (Lipinski definition) is 4. The molecular formula is C14H15ClN2O2. The molecule has 0 N–H and O–H groups in total. The fourth-order valence-corrected chi connectivity index (χ4v) is 2.51. The summed E-state index contributed by atoms with van der Waals surface area (Å²) in [5.41, 5.74) is 0.506. The highest BCUT2D eigenvalue weighted by Gasteiger charge is 2.37. The van der Waals surface area contributed by atoms with Gasteiger partial charge in [0.05, 0.1) is 0 Å². The lowest BCUT2D eigenvalue weighted by atomic mass is 10.0. The summed E-state index contributed by atoms with van der Waals surface area (Å²) in [4.78, 5) is 4.41. The van der Waals surface area contributed by atoms with Gasteiger partial charge in [0.25, 0.3) is 0 Å². The van der Waals surface area contributed by atoms with Gasteiger partial charge in [-0.15, -0.1) is 11.6 Å². The minimum atomic E-state index is -0.435. The van der Waals surface area contributed by atoms with E-state index in [0.29, 0.717) is 11.7 Å². The predicted octanol–water partition coefficient (Wildman–Crippen LogP) is 3.42. The molecule has 4 nitrogen and oxygen atoms in total. The summed E-state index contributed by atoms with van der Waals surface area (Å²) in [5.74, 6) is 1.00. The Bertz CT molecular complexity index is 550. The molecule has 1 aliphatic heterocycles. The molecule has 1 fully saturated rings. The van der Waals surface area contributed by atoms with E-state index in [9.17, 15) is 0 Å². The summed E-state index contributed by atoms with van der Waals surface area (Å²) in [6.07, 6.45) is 1.92. The maximum Gasteiger partial charge on any atom is 0.249 e. The summed E-state index contributed by atoms with van der Waals surface area (Å²) in [6, 6.07) is 9.69. The fraction of sp³-hybridized carbons (Fsp3) is 0.429. The van der Waals surface area contributed by atoms with Crippen molar-refractivity contribution in [3.05, 3.63) is 47.6 Å².